The average Bonchev–Trinajstić information content (AvgIpc) is 3.26. The number of hydrogen-bond donors (Lipinski definition) is 1. The van der Waals surface area contributed by atoms with Crippen molar-refractivity contribution < 1.29 is 12.6 Å². The first kappa shape index (κ1) is 30.1. The van der Waals surface area contributed by atoms with Gasteiger partial charge in [-0.2, -0.15) is 0 Å². The Morgan fingerprint density at radius 2 is 1.62 bits per heavy atom. The number of hydrogen-bond acceptors (Lipinski definition) is 4. The van der Waals surface area contributed by atoms with Crippen molar-refractivity contribution in [2.24, 2.45) is 5.41 Å². The van der Waals surface area contributed by atoms with E-state index in [1.165, 1.54) is 0 Å². The molecule has 5 nitrogen and oxygen atoms in total. The van der Waals surface area contributed by atoms with Crippen LogP contribution in [0.1, 0.15) is 113 Å². The van der Waals surface area contributed by atoms with Gasteiger partial charge in [0.15, 0.2) is 0 Å². The van der Waals surface area contributed by atoms with Crippen molar-refractivity contribution >= 4 is 28.9 Å². The van der Waals surface area contributed by atoms with Gasteiger partial charge in [-0.15, -0.1) is 0 Å². The van der Waals surface area contributed by atoms with Crippen LogP contribution >= 0.6 is 23.0 Å². The number of nitrogens with zero attached hydrogens (tertiary/aromatic N) is 1. The first-order chi connectivity index (χ1) is 14.9. The number of carbonyl (C=O) groups excluding carboxylic acids is 1. The first-order valence-electron chi connectivity index (χ1n) is 12.8. The third kappa shape index (κ3) is 8.38. The second-order valence-electron chi connectivity index (χ2n) is 11.3. The molecule has 1 amide bonds. The van der Waals surface area contributed by atoms with Crippen LogP contribution < -0.4 is 5.32 Å². The Labute approximate surface area is 212 Å². The molecule has 0 spiro atoms. The number of carbonyl (C=O) groups is 1. The summed E-state index contributed by atoms with van der Waals surface area (Å²) in [5, 5.41) is 3.43. The van der Waals surface area contributed by atoms with E-state index in [-0.39, 0.29) is 34.1 Å². The van der Waals surface area contributed by atoms with E-state index in [9.17, 15) is 4.79 Å². The van der Waals surface area contributed by atoms with Gasteiger partial charge in [0.1, 0.15) is 23.0 Å². The number of ether oxygens (including phenoxy) is 1. The van der Waals surface area contributed by atoms with Gasteiger partial charge < -0.3 is 13.1 Å². The van der Waals surface area contributed by atoms with Crippen molar-refractivity contribution in [1.29, 1.82) is 0 Å². The van der Waals surface area contributed by atoms with E-state index in [1.807, 2.05) is 0 Å². The quantitative estimate of drug-likeness (QED) is 0.225. The molecule has 1 aliphatic rings. The molecule has 1 fully saturated rings. The Bertz CT molecular complexity index is 579. The van der Waals surface area contributed by atoms with Crippen LogP contribution in [-0.4, -0.2) is 53.8 Å². The molecule has 32 heavy (non-hydrogen) atoms. The van der Waals surface area contributed by atoms with E-state index >= 15 is 0 Å². The molecular formula is C26H51IN2O3. The Kier molecular flexibility index (Phi) is 11.9. The molecule has 0 radical (unpaired) electrons. The molecule has 6 heteroatoms. The summed E-state index contributed by atoms with van der Waals surface area (Å²) in [7, 11) is 1.78. The number of amides is 1. The fourth-order valence-corrected chi connectivity index (χ4v) is 5.58. The zero-order valence-electron chi connectivity index (χ0n) is 22.4. The lowest BCUT2D eigenvalue weighted by molar-refractivity contribution is -0.128. The van der Waals surface area contributed by atoms with E-state index in [1.54, 1.807) is 7.11 Å². The van der Waals surface area contributed by atoms with Crippen LogP contribution in [0.15, 0.2) is 0 Å². The molecule has 0 aromatic heterocycles. The lowest BCUT2D eigenvalue weighted by Crippen LogP contribution is -2.55. The molecular weight excluding hydrogens is 515 g/mol. The van der Waals surface area contributed by atoms with Crippen LogP contribution in [0.25, 0.3) is 0 Å². The van der Waals surface area contributed by atoms with E-state index < -0.39 is 0 Å². The van der Waals surface area contributed by atoms with E-state index in [2.05, 4.69) is 88.6 Å². The summed E-state index contributed by atoms with van der Waals surface area (Å²) in [6, 6.07) is -0.0178. The fraction of sp³-hybridized carbons (Fsp3) is 0.962. The monoisotopic (exact) mass is 566 g/mol. The first-order valence-corrected chi connectivity index (χ1v) is 13.7. The van der Waals surface area contributed by atoms with Gasteiger partial charge in [0.05, 0.1) is 17.2 Å². The van der Waals surface area contributed by atoms with Crippen molar-refractivity contribution in [1.82, 2.24) is 10.2 Å². The summed E-state index contributed by atoms with van der Waals surface area (Å²) in [5.74, 6) is 0.189. The number of halogens is 1. The second-order valence-corrected chi connectivity index (χ2v) is 11.7. The average molecular weight is 567 g/mol. The number of rotatable bonds is 15. The molecule has 5 atom stereocenters. The smallest absolute Gasteiger partial charge is 0.237 e. The third-order valence-electron chi connectivity index (χ3n) is 8.47. The number of likely N-dealkylation sites (tertiary alicyclic amines) is 1. The van der Waals surface area contributed by atoms with Gasteiger partial charge in [0.25, 0.3) is 0 Å². The standard InChI is InChI=1S/C26H51IN2O3/c1-10-23(5,19-26(8,13-4)32-27)16-18-29-17-14-15-21(29)22(30)28-24(6,11-2)20-25(7,12-3)31-9/h21H,10-20H2,1-9H3,(H,28,30). The lowest BCUT2D eigenvalue weighted by Gasteiger charge is -2.40. The van der Waals surface area contributed by atoms with Crippen molar-refractivity contribution in [2.45, 2.75) is 136 Å². The highest BCUT2D eigenvalue weighted by atomic mass is 127. The summed E-state index contributed by atoms with van der Waals surface area (Å²) in [6.07, 6.45) is 8.95. The molecule has 1 saturated heterocycles. The van der Waals surface area contributed by atoms with Gasteiger partial charge in [0.2, 0.25) is 5.91 Å². The highest BCUT2D eigenvalue weighted by Gasteiger charge is 2.39. The Hall–Kier alpha value is 0.0800. The van der Waals surface area contributed by atoms with Crippen molar-refractivity contribution in [3.63, 3.8) is 0 Å². The minimum atomic E-state index is -0.259. The zero-order valence-corrected chi connectivity index (χ0v) is 24.6. The van der Waals surface area contributed by atoms with Crippen LogP contribution in [0.3, 0.4) is 0 Å². The van der Waals surface area contributed by atoms with E-state index in [0.29, 0.717) is 0 Å². The summed E-state index contributed by atoms with van der Waals surface area (Å²) >= 11 is 2.06. The lowest BCUT2D eigenvalue weighted by atomic mass is 9.74. The molecule has 1 rings (SSSR count). The maximum atomic E-state index is 13.4. The molecule has 190 valence electrons. The predicted octanol–water partition coefficient (Wildman–Crippen LogP) is 6.67. The number of nitrogens with one attached hydrogen (secondary N) is 1. The van der Waals surface area contributed by atoms with Crippen LogP contribution in [-0.2, 0) is 12.6 Å². The van der Waals surface area contributed by atoms with Gasteiger partial charge in [0, 0.05) is 12.6 Å². The summed E-state index contributed by atoms with van der Waals surface area (Å²) in [6.45, 7) is 19.7. The van der Waals surface area contributed by atoms with Gasteiger partial charge in [-0.3, -0.25) is 9.69 Å². The van der Waals surface area contributed by atoms with Gasteiger partial charge >= 0.3 is 0 Å². The molecule has 1 N–H and O–H groups in total. The molecule has 0 bridgehead atoms. The molecule has 1 aliphatic heterocycles. The van der Waals surface area contributed by atoms with E-state index in [4.69, 9.17) is 7.80 Å². The van der Waals surface area contributed by atoms with Crippen LogP contribution in [0, 0.1) is 5.41 Å². The molecule has 0 aromatic carbocycles. The van der Waals surface area contributed by atoms with Crippen LogP contribution in [0.2, 0.25) is 0 Å². The SMILES string of the molecule is CCC(C)(CCN1CCCC1C(=O)NC(C)(CC)CC(C)(CC)OC)CC(C)(CC)OI. The van der Waals surface area contributed by atoms with Crippen molar-refractivity contribution in [3.8, 4) is 0 Å². The van der Waals surface area contributed by atoms with Gasteiger partial charge in [-0.05, 0) is 90.6 Å². The Morgan fingerprint density at radius 1 is 1.00 bits per heavy atom. The molecule has 5 unspecified atom stereocenters. The maximum Gasteiger partial charge on any atom is 0.237 e. The van der Waals surface area contributed by atoms with Gasteiger partial charge in [-0.1, -0.05) is 41.0 Å². The molecule has 0 aliphatic carbocycles. The van der Waals surface area contributed by atoms with Crippen LogP contribution in [0.5, 0.6) is 0 Å². The van der Waals surface area contributed by atoms with E-state index in [0.717, 1.165) is 70.9 Å². The molecule has 0 aromatic rings. The molecule has 0 saturated carbocycles. The maximum absolute atomic E-state index is 13.4. The summed E-state index contributed by atoms with van der Waals surface area (Å²) < 4.78 is 11.6. The summed E-state index contributed by atoms with van der Waals surface area (Å²) in [5.41, 5.74) is -0.365. The minimum Gasteiger partial charge on any atom is -0.378 e. The Morgan fingerprint density at radius 3 is 2.09 bits per heavy atom. The largest absolute Gasteiger partial charge is 0.378 e. The molecule has 1 heterocycles. The predicted molar refractivity (Wildman–Crippen MR) is 143 cm³/mol. The Balaban J connectivity index is 2.82. The third-order valence-corrected chi connectivity index (χ3v) is 9.53. The highest BCUT2D eigenvalue weighted by Crippen LogP contribution is 2.40. The highest BCUT2D eigenvalue weighted by molar-refractivity contribution is 14.1. The minimum absolute atomic E-state index is 0.0178. The zero-order chi connectivity index (χ0) is 24.6. The summed E-state index contributed by atoms with van der Waals surface area (Å²) in [4.78, 5) is 15.8. The van der Waals surface area contributed by atoms with Crippen LogP contribution in [0.4, 0.5) is 0 Å². The second kappa shape index (κ2) is 12.7. The van der Waals surface area contributed by atoms with Crippen molar-refractivity contribution in [2.75, 3.05) is 20.2 Å². The topological polar surface area (TPSA) is 50.8 Å². The fourth-order valence-electron chi connectivity index (χ4n) is 5.11. The normalized spacial score (nSPS) is 24.9. The number of methoxy groups -OCH3 is 1. The van der Waals surface area contributed by atoms with Crippen molar-refractivity contribution in [3.05, 3.63) is 0 Å². The van der Waals surface area contributed by atoms with Gasteiger partial charge in [-0.25, -0.2) is 0 Å².